The molecule has 2 atom stereocenters. The van der Waals surface area contributed by atoms with Crippen LogP contribution in [0, 0.1) is 5.92 Å². The van der Waals surface area contributed by atoms with Crippen LogP contribution in [0.1, 0.15) is 44.9 Å². The second-order valence-corrected chi connectivity index (χ2v) is 5.93. The summed E-state index contributed by atoms with van der Waals surface area (Å²) in [4.78, 5) is 30.3. The Balaban J connectivity index is 1.63. The lowest BCUT2D eigenvalue weighted by Crippen LogP contribution is -2.45. The van der Waals surface area contributed by atoms with E-state index in [1.807, 2.05) is 4.90 Å². The smallest absolute Gasteiger partial charge is 0.353 e. The molecule has 2 fully saturated rings. The van der Waals surface area contributed by atoms with Crippen molar-refractivity contribution >= 4 is 17.6 Å². The highest BCUT2D eigenvalue weighted by atomic mass is 16.6. The molecule has 20 heavy (non-hydrogen) atoms. The average Bonchev–Trinajstić information content (AvgIpc) is 3.17. The van der Waals surface area contributed by atoms with Crippen LogP contribution in [-0.2, 0) is 14.4 Å². The molecule has 6 nitrogen and oxygen atoms in total. The van der Waals surface area contributed by atoms with Crippen LogP contribution >= 0.6 is 0 Å². The molecule has 2 unspecified atom stereocenters. The third kappa shape index (κ3) is 2.39. The van der Waals surface area contributed by atoms with E-state index < -0.39 is 12.1 Å². The topological polar surface area (TPSA) is 79.2 Å². The molecule has 1 N–H and O–H groups in total. The quantitative estimate of drug-likeness (QED) is 0.847. The molecule has 3 rings (SSSR count). The standard InChI is InChI=1S/C14H20N2O4/c17-13(12-8-10(14(18)19)15-20-12)16-7-3-6-11(16)9-4-1-2-5-9/h9,11-12H,1-8H2,(H,18,19). The average molecular weight is 280 g/mol. The third-order valence-electron chi connectivity index (χ3n) is 4.72. The molecule has 6 heteroatoms. The van der Waals surface area contributed by atoms with Gasteiger partial charge < -0.3 is 14.8 Å². The lowest BCUT2D eigenvalue weighted by Gasteiger charge is -2.30. The van der Waals surface area contributed by atoms with Crippen molar-refractivity contribution in [1.82, 2.24) is 4.90 Å². The van der Waals surface area contributed by atoms with E-state index in [-0.39, 0.29) is 18.0 Å². The number of likely N-dealkylation sites (tertiary alicyclic amines) is 1. The van der Waals surface area contributed by atoms with E-state index in [1.54, 1.807) is 0 Å². The summed E-state index contributed by atoms with van der Waals surface area (Å²) < 4.78 is 0. The van der Waals surface area contributed by atoms with Crippen LogP contribution < -0.4 is 0 Å². The Morgan fingerprint density at radius 3 is 2.60 bits per heavy atom. The number of hydrogen-bond donors (Lipinski definition) is 1. The molecule has 2 aliphatic heterocycles. The minimum atomic E-state index is -1.10. The maximum atomic E-state index is 12.5. The number of carbonyl (C=O) groups excluding carboxylic acids is 1. The summed E-state index contributed by atoms with van der Waals surface area (Å²) in [5, 5.41) is 12.4. The van der Waals surface area contributed by atoms with Crippen LogP contribution in [0.15, 0.2) is 5.16 Å². The first-order chi connectivity index (χ1) is 9.66. The molecule has 1 amide bonds. The fourth-order valence-electron chi connectivity index (χ4n) is 3.72. The first-order valence-electron chi connectivity index (χ1n) is 7.43. The molecule has 1 saturated heterocycles. The third-order valence-corrected chi connectivity index (χ3v) is 4.72. The summed E-state index contributed by atoms with van der Waals surface area (Å²) >= 11 is 0. The fraction of sp³-hybridized carbons (Fsp3) is 0.786. The second-order valence-electron chi connectivity index (χ2n) is 5.93. The number of aliphatic carboxylic acids is 1. The molecule has 0 spiro atoms. The molecule has 110 valence electrons. The molecule has 0 aromatic carbocycles. The van der Waals surface area contributed by atoms with E-state index >= 15 is 0 Å². The summed E-state index contributed by atoms with van der Waals surface area (Å²) in [7, 11) is 0. The van der Waals surface area contributed by atoms with Gasteiger partial charge in [0.2, 0.25) is 6.10 Å². The molecule has 0 aromatic heterocycles. The van der Waals surface area contributed by atoms with Gasteiger partial charge in [0.25, 0.3) is 5.91 Å². The highest BCUT2D eigenvalue weighted by Gasteiger charge is 2.41. The van der Waals surface area contributed by atoms with Gasteiger partial charge in [0.1, 0.15) is 0 Å². The second kappa shape index (κ2) is 5.42. The lowest BCUT2D eigenvalue weighted by molar-refractivity contribution is -0.143. The van der Waals surface area contributed by atoms with Gasteiger partial charge in [-0.25, -0.2) is 4.79 Å². The first kappa shape index (κ1) is 13.4. The van der Waals surface area contributed by atoms with Gasteiger partial charge in [0, 0.05) is 19.0 Å². The van der Waals surface area contributed by atoms with Gasteiger partial charge in [0.05, 0.1) is 0 Å². The Morgan fingerprint density at radius 1 is 1.20 bits per heavy atom. The zero-order chi connectivity index (χ0) is 14.1. The van der Waals surface area contributed by atoms with Gasteiger partial charge in [-0.2, -0.15) is 0 Å². The Hall–Kier alpha value is -1.59. The summed E-state index contributed by atoms with van der Waals surface area (Å²) in [6, 6.07) is 0.322. The Bertz CT molecular complexity index is 442. The Morgan fingerprint density at radius 2 is 1.95 bits per heavy atom. The molecule has 1 saturated carbocycles. The zero-order valence-corrected chi connectivity index (χ0v) is 11.5. The minimum absolute atomic E-state index is 0.0556. The van der Waals surface area contributed by atoms with Crippen molar-refractivity contribution in [2.24, 2.45) is 11.1 Å². The molecular formula is C14H20N2O4. The monoisotopic (exact) mass is 280 g/mol. The van der Waals surface area contributed by atoms with Crippen molar-refractivity contribution in [3.05, 3.63) is 0 Å². The van der Waals surface area contributed by atoms with Gasteiger partial charge in [-0.1, -0.05) is 18.0 Å². The van der Waals surface area contributed by atoms with Crippen molar-refractivity contribution in [2.45, 2.75) is 57.1 Å². The van der Waals surface area contributed by atoms with Crippen molar-refractivity contribution in [3.8, 4) is 0 Å². The number of oxime groups is 1. The summed E-state index contributed by atoms with van der Waals surface area (Å²) in [5.74, 6) is -0.573. The number of carbonyl (C=O) groups is 2. The highest BCUT2D eigenvalue weighted by molar-refractivity contribution is 6.36. The lowest BCUT2D eigenvalue weighted by atomic mass is 9.95. The van der Waals surface area contributed by atoms with E-state index in [0.29, 0.717) is 12.0 Å². The van der Waals surface area contributed by atoms with Gasteiger partial charge in [-0.3, -0.25) is 4.79 Å². The predicted molar refractivity (Wildman–Crippen MR) is 71.3 cm³/mol. The van der Waals surface area contributed by atoms with E-state index in [4.69, 9.17) is 9.94 Å². The Labute approximate surface area is 117 Å². The van der Waals surface area contributed by atoms with Crippen LogP contribution in [0.5, 0.6) is 0 Å². The number of nitrogens with zero attached hydrogens (tertiary/aromatic N) is 2. The van der Waals surface area contributed by atoms with E-state index in [1.165, 1.54) is 25.7 Å². The van der Waals surface area contributed by atoms with Crippen molar-refractivity contribution in [3.63, 3.8) is 0 Å². The number of rotatable bonds is 3. The van der Waals surface area contributed by atoms with E-state index in [0.717, 1.165) is 19.4 Å². The van der Waals surface area contributed by atoms with Crippen LogP contribution in [0.3, 0.4) is 0 Å². The van der Waals surface area contributed by atoms with Crippen LogP contribution in [0.4, 0.5) is 0 Å². The molecule has 3 aliphatic rings. The summed E-state index contributed by atoms with van der Waals surface area (Å²) in [6.45, 7) is 0.766. The van der Waals surface area contributed by atoms with Crippen LogP contribution in [0.2, 0.25) is 0 Å². The highest BCUT2D eigenvalue weighted by Crippen LogP contribution is 2.36. The van der Waals surface area contributed by atoms with Gasteiger partial charge in [-0.15, -0.1) is 0 Å². The number of carboxylic acid groups (broad SMARTS) is 1. The number of hydrogen-bond acceptors (Lipinski definition) is 4. The molecule has 0 aromatic rings. The van der Waals surface area contributed by atoms with Crippen molar-refractivity contribution in [1.29, 1.82) is 0 Å². The Kier molecular flexibility index (Phi) is 3.63. The molecular weight excluding hydrogens is 260 g/mol. The molecule has 2 heterocycles. The number of carboxylic acids is 1. The maximum Gasteiger partial charge on any atom is 0.353 e. The van der Waals surface area contributed by atoms with Gasteiger partial charge in [-0.05, 0) is 31.6 Å². The van der Waals surface area contributed by atoms with Crippen LogP contribution in [0.25, 0.3) is 0 Å². The SMILES string of the molecule is O=C(O)C1=NOC(C(=O)N2CCCC2C2CCCC2)C1. The zero-order valence-electron chi connectivity index (χ0n) is 11.5. The van der Waals surface area contributed by atoms with Crippen LogP contribution in [-0.4, -0.2) is 46.3 Å². The largest absolute Gasteiger partial charge is 0.477 e. The van der Waals surface area contributed by atoms with E-state index in [2.05, 4.69) is 5.16 Å². The minimum Gasteiger partial charge on any atom is -0.477 e. The molecule has 1 aliphatic carbocycles. The maximum absolute atomic E-state index is 12.5. The predicted octanol–water partition coefficient (Wildman–Crippen LogP) is 1.40. The molecule has 0 bridgehead atoms. The van der Waals surface area contributed by atoms with E-state index in [9.17, 15) is 9.59 Å². The van der Waals surface area contributed by atoms with Crippen molar-refractivity contribution < 1.29 is 19.5 Å². The first-order valence-corrected chi connectivity index (χ1v) is 7.43. The fourth-order valence-corrected chi connectivity index (χ4v) is 3.72. The summed E-state index contributed by atoms with van der Waals surface area (Å²) in [6.07, 6.45) is 6.38. The van der Waals surface area contributed by atoms with Gasteiger partial charge >= 0.3 is 5.97 Å². The number of amides is 1. The molecule has 0 radical (unpaired) electrons. The summed E-state index contributed by atoms with van der Waals surface area (Å²) in [5.41, 5.74) is -0.0556. The van der Waals surface area contributed by atoms with Gasteiger partial charge in [0.15, 0.2) is 5.71 Å². The normalized spacial score (nSPS) is 30.4. The van der Waals surface area contributed by atoms with Crippen molar-refractivity contribution in [2.75, 3.05) is 6.54 Å².